The molecule has 7 heteroatoms. The highest BCUT2D eigenvalue weighted by atomic mass is 16.5. The molecule has 2 aliphatic rings. The molecular formula is C19H27N5O2. The van der Waals surface area contributed by atoms with Crippen LogP contribution in [0.15, 0.2) is 29.2 Å². The van der Waals surface area contributed by atoms with Crippen molar-refractivity contribution in [2.75, 3.05) is 36.1 Å². The van der Waals surface area contributed by atoms with Gasteiger partial charge in [-0.15, -0.1) is 0 Å². The number of hydrogen-bond acceptors (Lipinski definition) is 5. The maximum absolute atomic E-state index is 12.4. The Labute approximate surface area is 153 Å². The van der Waals surface area contributed by atoms with Gasteiger partial charge in [0.2, 0.25) is 0 Å². The normalized spacial score (nSPS) is 23.6. The van der Waals surface area contributed by atoms with Crippen LogP contribution in [0, 0.1) is 0 Å². The fourth-order valence-corrected chi connectivity index (χ4v) is 4.04. The van der Waals surface area contributed by atoms with E-state index >= 15 is 0 Å². The van der Waals surface area contributed by atoms with E-state index in [2.05, 4.69) is 45.9 Å². The van der Waals surface area contributed by atoms with E-state index in [1.54, 1.807) is 6.07 Å². The number of aromatic nitrogens is 3. The third-order valence-corrected chi connectivity index (χ3v) is 5.40. The van der Waals surface area contributed by atoms with Crippen molar-refractivity contribution in [1.82, 2.24) is 14.8 Å². The number of hydrogen-bond donors (Lipinski definition) is 1. The monoisotopic (exact) mass is 357 g/mol. The minimum atomic E-state index is -0.0547. The highest BCUT2D eigenvalue weighted by molar-refractivity contribution is 5.57. The van der Waals surface area contributed by atoms with Crippen LogP contribution >= 0.6 is 0 Å². The third-order valence-electron chi connectivity index (χ3n) is 5.40. The average molecular weight is 357 g/mol. The molecule has 1 unspecified atom stereocenters. The van der Waals surface area contributed by atoms with Crippen molar-refractivity contribution in [3.8, 4) is 0 Å². The number of pyridine rings is 1. The maximum Gasteiger partial charge on any atom is 0.251 e. The molecule has 2 aliphatic heterocycles. The molecule has 7 nitrogen and oxygen atoms in total. The van der Waals surface area contributed by atoms with Crippen molar-refractivity contribution < 1.29 is 4.74 Å². The average Bonchev–Trinajstić information content (AvgIpc) is 3.30. The van der Waals surface area contributed by atoms with Crippen molar-refractivity contribution in [3.63, 3.8) is 0 Å². The molecule has 4 rings (SSSR count). The Morgan fingerprint density at radius 3 is 2.96 bits per heavy atom. The molecule has 1 N–H and O–H groups in total. The fourth-order valence-electron chi connectivity index (χ4n) is 4.04. The van der Waals surface area contributed by atoms with Crippen LogP contribution in [0.3, 0.4) is 0 Å². The van der Waals surface area contributed by atoms with Crippen LogP contribution in [-0.4, -0.2) is 47.1 Å². The summed E-state index contributed by atoms with van der Waals surface area (Å²) in [4.78, 5) is 19.9. The molecule has 0 aliphatic carbocycles. The van der Waals surface area contributed by atoms with Crippen LogP contribution in [0.2, 0.25) is 0 Å². The molecule has 2 fully saturated rings. The smallest absolute Gasteiger partial charge is 0.251 e. The first-order chi connectivity index (χ1) is 12.7. The number of ether oxygens (including phenoxy) is 1. The minimum Gasteiger partial charge on any atom is -0.377 e. The van der Waals surface area contributed by atoms with E-state index in [4.69, 9.17) is 4.74 Å². The molecule has 4 heterocycles. The molecule has 0 aromatic carbocycles. The number of morpholine rings is 1. The lowest BCUT2D eigenvalue weighted by Crippen LogP contribution is -2.44. The number of aryl methyl sites for hydroxylation is 1. The van der Waals surface area contributed by atoms with Crippen LogP contribution < -0.4 is 15.4 Å². The Kier molecular flexibility index (Phi) is 4.72. The Morgan fingerprint density at radius 2 is 2.19 bits per heavy atom. The van der Waals surface area contributed by atoms with Gasteiger partial charge in [-0.25, -0.2) is 0 Å². The first-order valence-electron chi connectivity index (χ1n) is 9.54. The highest BCUT2D eigenvalue weighted by Gasteiger charge is 2.29. The summed E-state index contributed by atoms with van der Waals surface area (Å²) >= 11 is 0. The Hall–Kier alpha value is -2.28. The lowest BCUT2D eigenvalue weighted by molar-refractivity contribution is 0.0989. The van der Waals surface area contributed by atoms with Crippen LogP contribution in [-0.2, 0) is 11.3 Å². The van der Waals surface area contributed by atoms with Gasteiger partial charge in [-0.1, -0.05) is 0 Å². The summed E-state index contributed by atoms with van der Waals surface area (Å²) in [5, 5.41) is 4.69. The molecule has 2 atom stereocenters. The number of aromatic amines is 1. The topological polar surface area (TPSA) is 66.4 Å². The SMILES string of the molecule is CCn1ccc(C2CCCN2c2cc(N3CCOC[C@H]3C)cc(=O)[nH]2)n1. The van der Waals surface area contributed by atoms with Gasteiger partial charge in [-0.3, -0.25) is 9.48 Å². The van der Waals surface area contributed by atoms with Gasteiger partial charge in [0.15, 0.2) is 0 Å². The van der Waals surface area contributed by atoms with E-state index in [1.165, 1.54) is 0 Å². The molecular weight excluding hydrogens is 330 g/mol. The zero-order valence-electron chi connectivity index (χ0n) is 15.5. The largest absolute Gasteiger partial charge is 0.377 e. The molecule has 0 bridgehead atoms. The van der Waals surface area contributed by atoms with Crippen molar-refractivity contribution in [3.05, 3.63) is 40.4 Å². The zero-order chi connectivity index (χ0) is 18.1. The molecule has 0 amide bonds. The quantitative estimate of drug-likeness (QED) is 0.908. The molecule has 140 valence electrons. The van der Waals surface area contributed by atoms with Gasteiger partial charge in [0, 0.05) is 49.7 Å². The summed E-state index contributed by atoms with van der Waals surface area (Å²) in [5.74, 6) is 0.889. The minimum absolute atomic E-state index is 0.0547. The third kappa shape index (κ3) is 3.23. The lowest BCUT2D eigenvalue weighted by atomic mass is 10.1. The summed E-state index contributed by atoms with van der Waals surface area (Å²) in [6.45, 7) is 8.24. The number of rotatable bonds is 4. The van der Waals surface area contributed by atoms with E-state index < -0.39 is 0 Å². The summed E-state index contributed by atoms with van der Waals surface area (Å²) in [6, 6.07) is 6.39. The molecule has 0 spiro atoms. The Morgan fingerprint density at radius 1 is 1.31 bits per heavy atom. The summed E-state index contributed by atoms with van der Waals surface area (Å²) in [6.07, 6.45) is 4.19. The maximum atomic E-state index is 12.4. The lowest BCUT2D eigenvalue weighted by Gasteiger charge is -2.35. The summed E-state index contributed by atoms with van der Waals surface area (Å²) < 4.78 is 7.49. The Bertz CT molecular complexity index is 814. The van der Waals surface area contributed by atoms with E-state index in [9.17, 15) is 4.79 Å². The summed E-state index contributed by atoms with van der Waals surface area (Å²) in [5.41, 5.74) is 2.00. The predicted molar refractivity (Wildman–Crippen MR) is 102 cm³/mol. The van der Waals surface area contributed by atoms with Gasteiger partial charge in [0.05, 0.1) is 24.9 Å². The van der Waals surface area contributed by atoms with Crippen molar-refractivity contribution in [2.24, 2.45) is 0 Å². The Balaban J connectivity index is 1.65. The van der Waals surface area contributed by atoms with Crippen LogP contribution in [0.5, 0.6) is 0 Å². The van der Waals surface area contributed by atoms with Gasteiger partial charge >= 0.3 is 0 Å². The number of nitrogens with one attached hydrogen (secondary N) is 1. The molecule has 2 aromatic rings. The number of anilines is 2. The molecule has 2 saturated heterocycles. The van der Waals surface area contributed by atoms with Crippen LogP contribution in [0.1, 0.15) is 38.4 Å². The fraction of sp³-hybridized carbons (Fsp3) is 0.579. The highest BCUT2D eigenvalue weighted by Crippen LogP contribution is 2.35. The molecule has 26 heavy (non-hydrogen) atoms. The standard InChI is InChI=1S/C19H27N5O2/c1-3-22-8-6-16(21-22)17-5-4-7-24(17)18-11-15(12-19(25)20-18)23-9-10-26-13-14(23)2/h6,8,11-12,14,17H,3-5,7,9-10,13H2,1-2H3,(H,20,25)/t14-,17?/m1/s1. The van der Waals surface area contributed by atoms with Gasteiger partial charge in [0.25, 0.3) is 5.56 Å². The van der Waals surface area contributed by atoms with Crippen molar-refractivity contribution >= 4 is 11.5 Å². The van der Waals surface area contributed by atoms with Gasteiger partial charge in [-0.05, 0) is 32.8 Å². The molecule has 2 aromatic heterocycles. The molecule has 0 saturated carbocycles. The van der Waals surface area contributed by atoms with Crippen LogP contribution in [0.4, 0.5) is 11.5 Å². The second-order valence-electron chi connectivity index (χ2n) is 7.15. The number of H-pyrrole nitrogens is 1. The van der Waals surface area contributed by atoms with Gasteiger partial charge in [0.1, 0.15) is 5.82 Å². The summed E-state index contributed by atoms with van der Waals surface area (Å²) in [7, 11) is 0. The first-order valence-corrected chi connectivity index (χ1v) is 9.54. The van der Waals surface area contributed by atoms with Crippen molar-refractivity contribution in [2.45, 2.75) is 45.3 Å². The van der Waals surface area contributed by atoms with Crippen LogP contribution in [0.25, 0.3) is 0 Å². The molecule has 0 radical (unpaired) electrons. The van der Waals surface area contributed by atoms with E-state index in [1.807, 2.05) is 10.9 Å². The first kappa shape index (κ1) is 17.1. The van der Waals surface area contributed by atoms with Gasteiger partial charge < -0.3 is 19.5 Å². The van der Waals surface area contributed by atoms with E-state index in [0.29, 0.717) is 13.2 Å². The number of nitrogens with zero attached hydrogens (tertiary/aromatic N) is 4. The second-order valence-corrected chi connectivity index (χ2v) is 7.15. The van der Waals surface area contributed by atoms with E-state index in [-0.39, 0.29) is 17.6 Å². The zero-order valence-corrected chi connectivity index (χ0v) is 15.5. The van der Waals surface area contributed by atoms with Gasteiger partial charge in [-0.2, -0.15) is 5.10 Å². The van der Waals surface area contributed by atoms with Crippen molar-refractivity contribution in [1.29, 1.82) is 0 Å². The predicted octanol–water partition coefficient (Wildman–Crippen LogP) is 2.16. The second kappa shape index (κ2) is 7.15. The van der Waals surface area contributed by atoms with E-state index in [0.717, 1.165) is 49.7 Å².